The van der Waals surface area contributed by atoms with Gasteiger partial charge >= 0.3 is 0 Å². The molecule has 2 heterocycles. The van der Waals surface area contributed by atoms with Gasteiger partial charge in [-0.2, -0.15) is 0 Å². The number of hydrogen-bond donors (Lipinski definition) is 2. The quantitative estimate of drug-likeness (QED) is 0.834. The average molecular weight is 295 g/mol. The minimum atomic E-state index is -3.48. The molecule has 2 N–H and O–H groups in total. The molecular weight excluding hydrogens is 276 g/mol. The molecule has 1 aromatic rings. The molecule has 0 spiro atoms. The van der Waals surface area contributed by atoms with Gasteiger partial charge in [0.05, 0.1) is 0 Å². The third-order valence-electron chi connectivity index (χ3n) is 2.98. The van der Waals surface area contributed by atoms with Crippen LogP contribution in [0, 0.1) is 6.92 Å². The van der Waals surface area contributed by atoms with Gasteiger partial charge in [0.1, 0.15) is 5.82 Å². The van der Waals surface area contributed by atoms with Crippen LogP contribution in [0.3, 0.4) is 0 Å². The molecule has 0 aliphatic carbocycles. The van der Waals surface area contributed by atoms with Crippen molar-refractivity contribution in [1.29, 1.82) is 0 Å². The Bertz CT molecular complexity index is 474. The minimum absolute atomic E-state index is 0. The van der Waals surface area contributed by atoms with E-state index in [1.165, 1.54) is 6.20 Å². The highest BCUT2D eigenvalue weighted by atomic mass is 35.5. The van der Waals surface area contributed by atoms with E-state index in [2.05, 4.69) is 15.0 Å². The number of nitrogens with one attached hydrogen (secondary N) is 2. The minimum Gasteiger partial charge on any atom is -0.337 e. The van der Waals surface area contributed by atoms with Gasteiger partial charge in [-0.25, -0.2) is 18.1 Å². The van der Waals surface area contributed by atoms with Gasteiger partial charge in [0.15, 0.2) is 5.03 Å². The number of halogens is 1. The van der Waals surface area contributed by atoms with Crippen LogP contribution < -0.4 is 10.0 Å². The van der Waals surface area contributed by atoms with Gasteiger partial charge in [-0.1, -0.05) is 0 Å². The predicted octanol–water partition coefficient (Wildman–Crippen LogP) is 0.181. The van der Waals surface area contributed by atoms with Crippen LogP contribution in [0.25, 0.3) is 0 Å². The third kappa shape index (κ3) is 3.44. The van der Waals surface area contributed by atoms with Crippen LogP contribution in [0.1, 0.15) is 18.7 Å². The maximum absolute atomic E-state index is 12.1. The fourth-order valence-corrected chi connectivity index (χ4v) is 3.20. The molecule has 0 amide bonds. The van der Waals surface area contributed by atoms with Crippen molar-refractivity contribution in [2.24, 2.45) is 7.05 Å². The summed E-state index contributed by atoms with van der Waals surface area (Å²) in [4.78, 5) is 4.04. The van der Waals surface area contributed by atoms with Crippen LogP contribution in [-0.2, 0) is 17.1 Å². The summed E-state index contributed by atoms with van der Waals surface area (Å²) < 4.78 is 28.5. The van der Waals surface area contributed by atoms with Crippen LogP contribution in [0.5, 0.6) is 0 Å². The van der Waals surface area contributed by atoms with Crippen molar-refractivity contribution >= 4 is 22.4 Å². The maximum Gasteiger partial charge on any atom is 0.259 e. The van der Waals surface area contributed by atoms with Gasteiger partial charge < -0.3 is 9.88 Å². The molecule has 1 aliphatic rings. The summed E-state index contributed by atoms with van der Waals surface area (Å²) in [5, 5.41) is 3.27. The normalized spacial score (nSPS) is 20.4. The van der Waals surface area contributed by atoms with E-state index in [1.807, 2.05) is 0 Å². The van der Waals surface area contributed by atoms with E-state index >= 15 is 0 Å². The second-order valence-electron chi connectivity index (χ2n) is 4.40. The highest BCUT2D eigenvalue weighted by Gasteiger charge is 2.23. The Kier molecular flexibility index (Phi) is 5.15. The zero-order valence-electron chi connectivity index (χ0n) is 10.5. The molecule has 2 rings (SSSR count). The molecule has 6 nitrogen and oxygen atoms in total. The first-order valence-electron chi connectivity index (χ1n) is 5.72. The second kappa shape index (κ2) is 6.01. The Morgan fingerprint density at radius 2 is 2.28 bits per heavy atom. The first kappa shape index (κ1) is 15.4. The van der Waals surface area contributed by atoms with E-state index in [4.69, 9.17) is 0 Å². The van der Waals surface area contributed by atoms with Crippen molar-refractivity contribution < 1.29 is 8.42 Å². The molecule has 0 radical (unpaired) electrons. The lowest BCUT2D eigenvalue weighted by molar-refractivity contribution is 0.428. The molecule has 0 saturated carbocycles. The molecule has 0 aromatic carbocycles. The number of nitrogens with zero attached hydrogens (tertiary/aromatic N) is 2. The SMILES string of the molecule is Cc1nc(S(=O)(=O)N[C@@H]2CCCNC2)cn1C.Cl. The summed E-state index contributed by atoms with van der Waals surface area (Å²) in [6.07, 6.45) is 3.40. The van der Waals surface area contributed by atoms with Gasteiger partial charge in [0, 0.05) is 25.8 Å². The second-order valence-corrected chi connectivity index (χ2v) is 6.06. The van der Waals surface area contributed by atoms with Crippen LogP contribution in [0.2, 0.25) is 0 Å². The summed E-state index contributed by atoms with van der Waals surface area (Å²) in [7, 11) is -1.70. The summed E-state index contributed by atoms with van der Waals surface area (Å²) >= 11 is 0. The van der Waals surface area contributed by atoms with Crippen molar-refractivity contribution in [2.75, 3.05) is 13.1 Å². The monoisotopic (exact) mass is 294 g/mol. The predicted molar refractivity (Wildman–Crippen MR) is 71.4 cm³/mol. The van der Waals surface area contributed by atoms with Crippen molar-refractivity contribution in [2.45, 2.75) is 30.8 Å². The molecule has 104 valence electrons. The summed E-state index contributed by atoms with van der Waals surface area (Å²) in [6.45, 7) is 3.42. The Labute approximate surface area is 114 Å². The molecule has 1 atom stereocenters. The molecular formula is C10H19ClN4O2S. The van der Waals surface area contributed by atoms with Crippen molar-refractivity contribution in [1.82, 2.24) is 19.6 Å². The zero-order chi connectivity index (χ0) is 12.5. The first-order chi connectivity index (χ1) is 7.99. The third-order valence-corrected chi connectivity index (χ3v) is 4.37. The van der Waals surface area contributed by atoms with E-state index in [0.717, 1.165) is 19.4 Å². The molecule has 1 aromatic heterocycles. The lowest BCUT2D eigenvalue weighted by Gasteiger charge is -2.23. The van der Waals surface area contributed by atoms with E-state index in [9.17, 15) is 8.42 Å². The number of aryl methyl sites for hydroxylation is 2. The zero-order valence-corrected chi connectivity index (χ0v) is 12.1. The highest BCUT2D eigenvalue weighted by Crippen LogP contribution is 2.10. The van der Waals surface area contributed by atoms with Gasteiger partial charge in [0.2, 0.25) is 0 Å². The van der Waals surface area contributed by atoms with Crippen molar-refractivity contribution in [3.05, 3.63) is 12.0 Å². The van der Waals surface area contributed by atoms with Crippen LogP contribution in [-0.4, -0.2) is 37.1 Å². The molecule has 1 fully saturated rings. The molecule has 0 bridgehead atoms. The summed E-state index contributed by atoms with van der Waals surface area (Å²) in [5.41, 5.74) is 0. The largest absolute Gasteiger partial charge is 0.337 e. The lowest BCUT2D eigenvalue weighted by Crippen LogP contribution is -2.45. The molecule has 1 aliphatic heterocycles. The van der Waals surface area contributed by atoms with Crippen LogP contribution in [0.4, 0.5) is 0 Å². The summed E-state index contributed by atoms with van der Waals surface area (Å²) in [6, 6.07) is -0.0314. The van der Waals surface area contributed by atoms with E-state index in [1.54, 1.807) is 18.5 Å². The Morgan fingerprint density at radius 1 is 1.56 bits per heavy atom. The summed E-state index contributed by atoms with van der Waals surface area (Å²) in [5.74, 6) is 0.687. The van der Waals surface area contributed by atoms with Gasteiger partial charge in [-0.05, 0) is 26.3 Å². The smallest absolute Gasteiger partial charge is 0.259 e. The Morgan fingerprint density at radius 3 is 2.78 bits per heavy atom. The maximum atomic E-state index is 12.1. The van der Waals surface area contributed by atoms with E-state index in [-0.39, 0.29) is 23.5 Å². The van der Waals surface area contributed by atoms with Gasteiger partial charge in [-0.15, -0.1) is 12.4 Å². The number of piperidine rings is 1. The molecule has 0 unspecified atom stereocenters. The average Bonchev–Trinajstić information content (AvgIpc) is 2.61. The molecule has 8 heteroatoms. The number of imidazole rings is 1. The fourth-order valence-electron chi connectivity index (χ4n) is 1.89. The number of hydrogen-bond acceptors (Lipinski definition) is 4. The Balaban J connectivity index is 0.00000162. The fraction of sp³-hybridized carbons (Fsp3) is 0.700. The van der Waals surface area contributed by atoms with Crippen LogP contribution in [0.15, 0.2) is 11.2 Å². The molecule has 18 heavy (non-hydrogen) atoms. The van der Waals surface area contributed by atoms with Gasteiger partial charge in [0.25, 0.3) is 10.0 Å². The van der Waals surface area contributed by atoms with Crippen molar-refractivity contribution in [3.8, 4) is 0 Å². The highest BCUT2D eigenvalue weighted by molar-refractivity contribution is 7.89. The standard InChI is InChI=1S/C10H18N4O2S.ClH/c1-8-12-10(7-14(8)2)17(15,16)13-9-4-3-5-11-6-9;/h7,9,11,13H,3-6H2,1-2H3;1H/t9-;/m1./s1. The van der Waals surface area contributed by atoms with Crippen molar-refractivity contribution in [3.63, 3.8) is 0 Å². The Hall–Kier alpha value is -0.630. The molecule has 1 saturated heterocycles. The first-order valence-corrected chi connectivity index (χ1v) is 7.20. The van der Waals surface area contributed by atoms with E-state index in [0.29, 0.717) is 12.4 Å². The lowest BCUT2D eigenvalue weighted by atomic mass is 10.1. The van der Waals surface area contributed by atoms with Crippen LogP contribution >= 0.6 is 12.4 Å². The number of rotatable bonds is 3. The number of sulfonamides is 1. The number of aromatic nitrogens is 2. The topological polar surface area (TPSA) is 76.0 Å². The van der Waals surface area contributed by atoms with Gasteiger partial charge in [-0.3, -0.25) is 0 Å². The van der Waals surface area contributed by atoms with E-state index < -0.39 is 10.0 Å².